The lowest BCUT2D eigenvalue weighted by Crippen LogP contribution is -2.54. The molecule has 0 aromatic heterocycles. The van der Waals surface area contributed by atoms with Crippen LogP contribution in [0.2, 0.25) is 0 Å². The van der Waals surface area contributed by atoms with Crippen LogP contribution < -0.4 is 11.1 Å². The molecule has 112 valence electrons. The van der Waals surface area contributed by atoms with Gasteiger partial charge >= 0.3 is 0 Å². The molecule has 1 amide bonds. The van der Waals surface area contributed by atoms with Crippen molar-refractivity contribution in [3.63, 3.8) is 0 Å². The fourth-order valence-corrected chi connectivity index (χ4v) is 2.98. The molecule has 0 radical (unpaired) electrons. The van der Waals surface area contributed by atoms with Crippen LogP contribution in [0.25, 0.3) is 0 Å². The number of likely N-dealkylation sites (tertiary alicyclic amines) is 1. The van der Waals surface area contributed by atoms with Gasteiger partial charge in [0.05, 0.1) is 6.54 Å². The molecule has 1 fully saturated rings. The third kappa shape index (κ3) is 4.77. The summed E-state index contributed by atoms with van der Waals surface area (Å²) in [6.45, 7) is 12.9. The van der Waals surface area contributed by atoms with Crippen LogP contribution in [0.3, 0.4) is 0 Å². The summed E-state index contributed by atoms with van der Waals surface area (Å²) in [6.07, 6.45) is 1.21. The van der Waals surface area contributed by atoms with E-state index in [9.17, 15) is 4.79 Å². The maximum Gasteiger partial charge on any atom is 0.234 e. The molecule has 0 spiro atoms. The van der Waals surface area contributed by atoms with E-state index >= 15 is 0 Å². The Labute approximate surface area is 118 Å². The third-order valence-electron chi connectivity index (χ3n) is 4.42. The molecular formula is C15H31N3O. The number of hydrogen-bond acceptors (Lipinski definition) is 3. The second kappa shape index (κ2) is 7.25. The summed E-state index contributed by atoms with van der Waals surface area (Å²) < 4.78 is 0. The molecule has 1 rings (SSSR count). The summed E-state index contributed by atoms with van der Waals surface area (Å²) >= 11 is 0. The van der Waals surface area contributed by atoms with Crippen molar-refractivity contribution in [1.82, 2.24) is 10.2 Å². The van der Waals surface area contributed by atoms with Gasteiger partial charge < -0.3 is 11.1 Å². The predicted molar refractivity (Wildman–Crippen MR) is 79.8 cm³/mol. The highest BCUT2D eigenvalue weighted by Crippen LogP contribution is 2.26. The molecule has 4 unspecified atom stereocenters. The van der Waals surface area contributed by atoms with Crippen molar-refractivity contribution in [2.75, 3.05) is 19.6 Å². The van der Waals surface area contributed by atoms with Gasteiger partial charge in [-0.25, -0.2) is 0 Å². The molecule has 0 aromatic carbocycles. The molecule has 0 aliphatic carbocycles. The van der Waals surface area contributed by atoms with Crippen molar-refractivity contribution < 1.29 is 4.79 Å². The number of carbonyl (C=O) groups is 1. The number of nitrogens with one attached hydrogen (secondary N) is 1. The van der Waals surface area contributed by atoms with Crippen LogP contribution in [0.5, 0.6) is 0 Å². The minimum absolute atomic E-state index is 0.126. The van der Waals surface area contributed by atoms with E-state index in [0.717, 1.165) is 6.54 Å². The summed E-state index contributed by atoms with van der Waals surface area (Å²) in [5, 5.41) is 3.08. The first-order valence-corrected chi connectivity index (χ1v) is 7.58. The van der Waals surface area contributed by atoms with Crippen LogP contribution in [-0.4, -0.2) is 42.5 Å². The van der Waals surface area contributed by atoms with Crippen LogP contribution in [-0.2, 0) is 4.79 Å². The zero-order valence-electron chi connectivity index (χ0n) is 13.1. The van der Waals surface area contributed by atoms with Gasteiger partial charge in [0.2, 0.25) is 5.91 Å². The van der Waals surface area contributed by atoms with Gasteiger partial charge in [-0.05, 0) is 31.1 Å². The van der Waals surface area contributed by atoms with Crippen LogP contribution in [0.1, 0.15) is 41.0 Å². The molecule has 4 nitrogen and oxygen atoms in total. The third-order valence-corrected chi connectivity index (χ3v) is 4.42. The van der Waals surface area contributed by atoms with Gasteiger partial charge in [0.15, 0.2) is 0 Å². The lowest BCUT2D eigenvalue weighted by atomic mass is 9.85. The predicted octanol–water partition coefficient (Wildman–Crippen LogP) is 1.45. The lowest BCUT2D eigenvalue weighted by molar-refractivity contribution is -0.124. The van der Waals surface area contributed by atoms with Crippen molar-refractivity contribution in [1.29, 1.82) is 0 Å². The van der Waals surface area contributed by atoms with E-state index in [4.69, 9.17) is 5.73 Å². The minimum Gasteiger partial charge on any atom is -0.352 e. The Hall–Kier alpha value is -0.610. The van der Waals surface area contributed by atoms with E-state index in [0.29, 0.717) is 36.9 Å². The number of nitrogens with zero attached hydrogens (tertiary/aromatic N) is 1. The van der Waals surface area contributed by atoms with Crippen LogP contribution in [0.4, 0.5) is 0 Å². The normalized spacial score (nSPS) is 30.4. The maximum absolute atomic E-state index is 12.1. The Morgan fingerprint density at radius 2 is 2.00 bits per heavy atom. The number of nitrogens with two attached hydrogens (primary N) is 1. The molecule has 4 atom stereocenters. The Morgan fingerprint density at radius 1 is 1.37 bits per heavy atom. The van der Waals surface area contributed by atoms with Gasteiger partial charge in [0, 0.05) is 25.2 Å². The van der Waals surface area contributed by atoms with Gasteiger partial charge in [-0.2, -0.15) is 0 Å². The zero-order valence-corrected chi connectivity index (χ0v) is 13.1. The number of hydrogen-bond donors (Lipinski definition) is 2. The van der Waals surface area contributed by atoms with Crippen LogP contribution in [0, 0.1) is 17.8 Å². The number of piperidine rings is 1. The maximum atomic E-state index is 12.1. The summed E-state index contributed by atoms with van der Waals surface area (Å²) in [6, 6.07) is 0.569. The topological polar surface area (TPSA) is 58.4 Å². The Balaban J connectivity index is 2.55. The van der Waals surface area contributed by atoms with Gasteiger partial charge in [0.25, 0.3) is 0 Å². The molecular weight excluding hydrogens is 238 g/mol. The number of carbonyl (C=O) groups excluding carboxylic acids is 1. The van der Waals surface area contributed by atoms with E-state index in [2.05, 4.69) is 44.8 Å². The quantitative estimate of drug-likeness (QED) is 0.794. The second-order valence-corrected chi connectivity index (χ2v) is 6.65. The van der Waals surface area contributed by atoms with Crippen molar-refractivity contribution in [2.45, 2.75) is 53.1 Å². The molecule has 0 aromatic rings. The first-order valence-electron chi connectivity index (χ1n) is 7.58. The molecule has 3 N–H and O–H groups in total. The standard InChI is InChI=1S/C15H31N3O/c1-10(2)13(5)17-15(19)9-18-8-11(3)6-12(4)14(18)7-16/h10-14H,6-9,16H2,1-5H3,(H,17,19). The van der Waals surface area contributed by atoms with E-state index in [-0.39, 0.29) is 11.9 Å². The molecule has 4 heteroatoms. The van der Waals surface area contributed by atoms with Crippen LogP contribution in [0.15, 0.2) is 0 Å². The lowest BCUT2D eigenvalue weighted by Gasteiger charge is -2.42. The Kier molecular flexibility index (Phi) is 6.27. The summed E-state index contributed by atoms with van der Waals surface area (Å²) in [4.78, 5) is 14.4. The summed E-state index contributed by atoms with van der Waals surface area (Å²) in [5.41, 5.74) is 5.88. The molecule has 19 heavy (non-hydrogen) atoms. The highest BCUT2D eigenvalue weighted by Gasteiger charge is 2.32. The smallest absolute Gasteiger partial charge is 0.234 e. The van der Waals surface area contributed by atoms with Gasteiger partial charge in [-0.15, -0.1) is 0 Å². The molecule has 1 aliphatic heterocycles. The van der Waals surface area contributed by atoms with Gasteiger partial charge in [-0.3, -0.25) is 9.69 Å². The summed E-state index contributed by atoms with van der Waals surface area (Å²) in [5.74, 6) is 1.81. The molecule has 0 saturated carbocycles. The van der Waals surface area contributed by atoms with Gasteiger partial charge in [-0.1, -0.05) is 27.7 Å². The van der Waals surface area contributed by atoms with Gasteiger partial charge in [0.1, 0.15) is 0 Å². The average molecular weight is 269 g/mol. The first kappa shape index (κ1) is 16.4. The van der Waals surface area contributed by atoms with Crippen molar-refractivity contribution in [3.05, 3.63) is 0 Å². The SMILES string of the molecule is CC1CC(C)C(CN)N(CC(=O)NC(C)C(C)C)C1. The first-order chi connectivity index (χ1) is 8.85. The molecule has 1 heterocycles. The van der Waals surface area contributed by atoms with E-state index in [1.807, 2.05) is 0 Å². The summed E-state index contributed by atoms with van der Waals surface area (Å²) in [7, 11) is 0. The average Bonchev–Trinajstić information content (AvgIpc) is 2.27. The highest BCUT2D eigenvalue weighted by atomic mass is 16.2. The van der Waals surface area contributed by atoms with Crippen LogP contribution >= 0.6 is 0 Å². The van der Waals surface area contributed by atoms with Crippen molar-refractivity contribution >= 4 is 5.91 Å². The Morgan fingerprint density at radius 3 is 2.53 bits per heavy atom. The minimum atomic E-state index is 0.126. The molecule has 0 bridgehead atoms. The van der Waals surface area contributed by atoms with E-state index in [1.165, 1.54) is 6.42 Å². The fraction of sp³-hybridized carbons (Fsp3) is 0.933. The molecule has 1 aliphatic rings. The van der Waals surface area contributed by atoms with Crippen molar-refractivity contribution in [3.8, 4) is 0 Å². The van der Waals surface area contributed by atoms with Crippen molar-refractivity contribution in [2.24, 2.45) is 23.5 Å². The highest BCUT2D eigenvalue weighted by molar-refractivity contribution is 5.78. The monoisotopic (exact) mass is 269 g/mol. The fourth-order valence-electron chi connectivity index (χ4n) is 2.98. The molecule has 1 saturated heterocycles. The largest absolute Gasteiger partial charge is 0.352 e. The zero-order chi connectivity index (χ0) is 14.6. The Bertz CT molecular complexity index is 293. The van der Waals surface area contributed by atoms with E-state index in [1.54, 1.807) is 0 Å². The second-order valence-electron chi connectivity index (χ2n) is 6.65. The number of amides is 1. The number of rotatable bonds is 5. The van der Waals surface area contributed by atoms with E-state index < -0.39 is 0 Å².